The van der Waals surface area contributed by atoms with Gasteiger partial charge in [-0.1, -0.05) is 29.8 Å². The Bertz CT molecular complexity index is 1080. The smallest absolute Gasteiger partial charge is 0.266 e. The molecule has 0 aliphatic carbocycles. The van der Waals surface area contributed by atoms with Gasteiger partial charge in [-0.25, -0.2) is 4.99 Å². The highest BCUT2D eigenvalue weighted by atomic mass is 32.2. The fourth-order valence-electron chi connectivity index (χ4n) is 2.72. The number of hydrogen-bond acceptors (Lipinski definition) is 5. The Hall–Kier alpha value is -2.83. The quantitative estimate of drug-likeness (QED) is 0.571. The molecule has 28 heavy (non-hydrogen) atoms. The number of rotatable bonds is 3. The average Bonchev–Trinajstić information content (AvgIpc) is 3.25. The van der Waals surface area contributed by atoms with E-state index in [1.54, 1.807) is 47.5 Å². The minimum absolute atomic E-state index is 0.0622. The first-order valence-electron chi connectivity index (χ1n) is 8.72. The molecule has 4 rings (SSSR count). The second kappa shape index (κ2) is 7.66. The van der Waals surface area contributed by atoms with Gasteiger partial charge in [0.05, 0.1) is 10.6 Å². The molecule has 140 valence electrons. The van der Waals surface area contributed by atoms with Crippen molar-refractivity contribution in [3.05, 3.63) is 76.0 Å². The zero-order valence-electron chi connectivity index (χ0n) is 15.4. The van der Waals surface area contributed by atoms with Crippen LogP contribution in [-0.4, -0.2) is 28.1 Å². The summed E-state index contributed by atoms with van der Waals surface area (Å²) in [5, 5.41) is 10.0. The molecule has 3 aromatic rings. The molecule has 0 bridgehead atoms. The van der Waals surface area contributed by atoms with E-state index in [2.05, 4.69) is 42.2 Å². The summed E-state index contributed by atoms with van der Waals surface area (Å²) < 4.78 is 0. The maximum absolute atomic E-state index is 12.6. The number of phenols is 1. The first kappa shape index (κ1) is 18.5. The second-order valence-corrected chi connectivity index (χ2v) is 8.58. The van der Waals surface area contributed by atoms with Gasteiger partial charge in [-0.2, -0.15) is 0 Å². The number of aliphatic imine (C=N–C) groups is 1. The molecular formula is C22H18N2O2S2. The molecule has 1 aromatic heterocycles. The first-order chi connectivity index (χ1) is 13.5. The zero-order valence-corrected chi connectivity index (χ0v) is 17.1. The van der Waals surface area contributed by atoms with Gasteiger partial charge in [0, 0.05) is 16.8 Å². The lowest BCUT2D eigenvalue weighted by atomic mass is 10.1. The summed E-state index contributed by atoms with van der Waals surface area (Å²) in [5.74, 6) is 0.128. The zero-order chi connectivity index (χ0) is 19.7. The average molecular weight is 407 g/mol. The van der Waals surface area contributed by atoms with Crippen LogP contribution in [0.3, 0.4) is 0 Å². The largest absolute Gasteiger partial charge is 0.508 e. The number of likely N-dealkylation sites (N-methyl/N-ethyl adjacent to an activating group) is 1. The van der Waals surface area contributed by atoms with Crippen molar-refractivity contribution in [2.45, 2.75) is 6.92 Å². The molecule has 1 N–H and O–H groups in total. The van der Waals surface area contributed by atoms with Crippen molar-refractivity contribution in [1.29, 1.82) is 0 Å². The fraction of sp³-hybridized carbons (Fsp3) is 0.0909. The summed E-state index contributed by atoms with van der Waals surface area (Å²) in [6.07, 6.45) is 1.92. The van der Waals surface area contributed by atoms with E-state index in [0.717, 1.165) is 4.88 Å². The molecule has 0 radical (unpaired) electrons. The van der Waals surface area contributed by atoms with Crippen LogP contribution in [0.1, 0.15) is 10.4 Å². The number of nitrogens with zero attached hydrogens (tertiary/aromatic N) is 2. The van der Waals surface area contributed by atoms with Crippen molar-refractivity contribution < 1.29 is 9.90 Å². The van der Waals surface area contributed by atoms with E-state index in [9.17, 15) is 9.90 Å². The predicted octanol–water partition coefficient (Wildman–Crippen LogP) is 5.66. The van der Waals surface area contributed by atoms with Crippen LogP contribution >= 0.6 is 23.1 Å². The summed E-state index contributed by atoms with van der Waals surface area (Å²) in [4.78, 5) is 21.5. The van der Waals surface area contributed by atoms with Crippen LogP contribution in [0.15, 0.2) is 70.6 Å². The molecule has 4 nitrogen and oxygen atoms in total. The van der Waals surface area contributed by atoms with Crippen LogP contribution in [0.5, 0.6) is 5.75 Å². The third kappa shape index (κ3) is 3.88. The standard InChI is InChI=1S/C22H18N2O2S2/c1-14-3-5-15(6-4-14)19-12-11-18(27-19)13-20-21(26)24(2)22(28-20)23-16-7-9-17(25)10-8-16/h3-13,25H,1-2H3/b20-13-,23-22?. The third-order valence-corrected chi connectivity index (χ3v) is 6.46. The normalized spacial score (nSPS) is 17.1. The fourth-order valence-corrected chi connectivity index (χ4v) is 4.73. The molecule has 0 saturated carbocycles. The van der Waals surface area contributed by atoms with E-state index in [1.165, 1.54) is 27.8 Å². The SMILES string of the molecule is Cc1ccc(-c2ccc(/C=C3\SC(=Nc4ccc(O)cc4)N(C)C3=O)s2)cc1. The van der Waals surface area contributed by atoms with Gasteiger partial charge in [-0.3, -0.25) is 9.69 Å². The number of carbonyl (C=O) groups is 1. The Labute approximate surface area is 171 Å². The number of thioether (sulfide) groups is 1. The summed E-state index contributed by atoms with van der Waals surface area (Å²) in [7, 11) is 1.72. The number of aromatic hydroxyl groups is 1. The molecule has 2 aromatic carbocycles. The van der Waals surface area contributed by atoms with Gasteiger partial charge in [0.2, 0.25) is 0 Å². The highest BCUT2D eigenvalue weighted by Crippen LogP contribution is 2.36. The van der Waals surface area contributed by atoms with Crippen LogP contribution in [0, 0.1) is 6.92 Å². The van der Waals surface area contributed by atoms with Gasteiger partial charge < -0.3 is 5.11 Å². The van der Waals surface area contributed by atoms with E-state index in [0.29, 0.717) is 15.8 Å². The Kier molecular flexibility index (Phi) is 5.07. The number of amidine groups is 1. The number of benzene rings is 2. The van der Waals surface area contributed by atoms with Crippen molar-refractivity contribution in [3.8, 4) is 16.2 Å². The number of amides is 1. The Balaban J connectivity index is 1.57. The van der Waals surface area contributed by atoms with Gasteiger partial charge >= 0.3 is 0 Å². The number of hydrogen-bond donors (Lipinski definition) is 1. The van der Waals surface area contributed by atoms with Gasteiger partial charge in [-0.05, 0) is 66.7 Å². The molecule has 0 spiro atoms. The molecule has 1 fully saturated rings. The number of aryl methyl sites for hydroxylation is 1. The summed E-state index contributed by atoms with van der Waals surface area (Å²) >= 11 is 3.02. The van der Waals surface area contributed by atoms with Crippen LogP contribution in [0.25, 0.3) is 16.5 Å². The molecule has 1 aliphatic heterocycles. The van der Waals surface area contributed by atoms with Crippen LogP contribution < -0.4 is 0 Å². The van der Waals surface area contributed by atoms with E-state index in [4.69, 9.17) is 0 Å². The van der Waals surface area contributed by atoms with E-state index in [-0.39, 0.29) is 11.7 Å². The van der Waals surface area contributed by atoms with E-state index in [1.807, 2.05) is 12.1 Å². The molecule has 0 atom stereocenters. The maximum atomic E-state index is 12.6. The predicted molar refractivity (Wildman–Crippen MR) is 118 cm³/mol. The minimum Gasteiger partial charge on any atom is -0.508 e. The van der Waals surface area contributed by atoms with Crippen molar-refractivity contribution in [2.75, 3.05) is 7.05 Å². The van der Waals surface area contributed by atoms with Crippen LogP contribution in [-0.2, 0) is 4.79 Å². The van der Waals surface area contributed by atoms with Crippen molar-refractivity contribution >= 4 is 45.9 Å². The molecular weight excluding hydrogens is 388 g/mol. The lowest BCUT2D eigenvalue weighted by molar-refractivity contribution is -0.121. The second-order valence-electron chi connectivity index (χ2n) is 6.45. The number of carbonyl (C=O) groups excluding carboxylic acids is 1. The maximum Gasteiger partial charge on any atom is 0.266 e. The molecule has 1 saturated heterocycles. The van der Waals surface area contributed by atoms with E-state index >= 15 is 0 Å². The molecule has 1 amide bonds. The van der Waals surface area contributed by atoms with Crippen LogP contribution in [0.4, 0.5) is 5.69 Å². The van der Waals surface area contributed by atoms with Crippen molar-refractivity contribution in [2.24, 2.45) is 4.99 Å². The van der Waals surface area contributed by atoms with Gasteiger partial charge in [0.15, 0.2) is 5.17 Å². The Morgan fingerprint density at radius 1 is 1.00 bits per heavy atom. The summed E-state index contributed by atoms with van der Waals surface area (Å²) in [5.41, 5.74) is 3.11. The highest BCUT2D eigenvalue weighted by Gasteiger charge is 2.30. The Morgan fingerprint density at radius 2 is 1.71 bits per heavy atom. The van der Waals surface area contributed by atoms with Gasteiger partial charge in [0.25, 0.3) is 5.91 Å². The third-order valence-electron chi connectivity index (χ3n) is 4.31. The first-order valence-corrected chi connectivity index (χ1v) is 10.3. The lowest BCUT2D eigenvalue weighted by Crippen LogP contribution is -2.23. The highest BCUT2D eigenvalue weighted by molar-refractivity contribution is 8.18. The molecule has 2 heterocycles. The Morgan fingerprint density at radius 3 is 2.43 bits per heavy atom. The molecule has 1 aliphatic rings. The van der Waals surface area contributed by atoms with E-state index < -0.39 is 0 Å². The molecule has 0 unspecified atom stereocenters. The topological polar surface area (TPSA) is 52.9 Å². The van der Waals surface area contributed by atoms with Gasteiger partial charge in [0.1, 0.15) is 5.75 Å². The summed E-state index contributed by atoms with van der Waals surface area (Å²) in [6, 6.07) is 19.1. The number of phenolic OH excluding ortho intramolecular Hbond substituents is 1. The monoisotopic (exact) mass is 406 g/mol. The number of thiophene rings is 1. The molecule has 6 heteroatoms. The lowest BCUT2D eigenvalue weighted by Gasteiger charge is -2.06. The minimum atomic E-state index is -0.0622. The van der Waals surface area contributed by atoms with Gasteiger partial charge in [-0.15, -0.1) is 11.3 Å². The van der Waals surface area contributed by atoms with Crippen molar-refractivity contribution in [3.63, 3.8) is 0 Å². The van der Waals surface area contributed by atoms with Crippen molar-refractivity contribution in [1.82, 2.24) is 4.90 Å². The van der Waals surface area contributed by atoms with Crippen LogP contribution in [0.2, 0.25) is 0 Å². The summed E-state index contributed by atoms with van der Waals surface area (Å²) in [6.45, 7) is 2.07.